The summed E-state index contributed by atoms with van der Waals surface area (Å²) < 4.78 is 0. The molecule has 0 aliphatic heterocycles. The molecule has 1 aromatic rings. The minimum absolute atomic E-state index is 0.527. The van der Waals surface area contributed by atoms with Crippen LogP contribution in [0.25, 0.3) is 6.08 Å². The molecule has 0 spiro atoms. The van der Waals surface area contributed by atoms with Crippen molar-refractivity contribution in [1.82, 2.24) is 0 Å². The first kappa shape index (κ1) is 15.8. The van der Waals surface area contributed by atoms with Gasteiger partial charge in [0.05, 0.1) is 0 Å². The van der Waals surface area contributed by atoms with Gasteiger partial charge in [0.25, 0.3) is 0 Å². The molecule has 1 aromatic carbocycles. The van der Waals surface area contributed by atoms with Gasteiger partial charge < -0.3 is 15.3 Å². The number of aliphatic hydroxyl groups excluding tert-OH is 1. The fourth-order valence-electron chi connectivity index (χ4n) is 1.58. The summed E-state index contributed by atoms with van der Waals surface area (Å²) in [6, 6.07) is 8.81. The Labute approximate surface area is 114 Å². The molecule has 0 saturated carbocycles. The van der Waals surface area contributed by atoms with E-state index in [4.69, 9.17) is 15.5 Å². The zero-order valence-corrected chi connectivity index (χ0v) is 10.3. The second kappa shape index (κ2) is 6.80. The molecule has 0 fully saturated rings. The number of hydrogen-bond acceptors (Lipinski definition) is 5. The predicted octanol–water partition coefficient (Wildman–Crippen LogP) is 0.848. The highest BCUT2D eigenvalue weighted by molar-refractivity contribution is 5.87. The molecule has 2 atom stereocenters. The first-order chi connectivity index (χ1) is 9.44. The summed E-state index contributed by atoms with van der Waals surface area (Å²) in [5.74, 6) is -3.60. The lowest BCUT2D eigenvalue weighted by molar-refractivity contribution is -0.333. The van der Waals surface area contributed by atoms with Crippen molar-refractivity contribution in [3.05, 3.63) is 42.0 Å². The van der Waals surface area contributed by atoms with E-state index in [1.54, 1.807) is 30.3 Å². The van der Waals surface area contributed by atoms with Crippen LogP contribution in [0.4, 0.5) is 0 Å². The maximum Gasteiger partial charge on any atom is 0.343 e. The third kappa shape index (κ3) is 3.41. The molecule has 20 heavy (non-hydrogen) atoms. The second-order valence-electron chi connectivity index (χ2n) is 4.04. The maximum atomic E-state index is 11.1. The van der Waals surface area contributed by atoms with Crippen LogP contribution in [0.5, 0.6) is 0 Å². The highest BCUT2D eigenvalue weighted by Crippen LogP contribution is 2.22. The average molecular weight is 282 g/mol. The quantitative estimate of drug-likeness (QED) is 0.431. The van der Waals surface area contributed by atoms with Crippen molar-refractivity contribution < 1.29 is 35.1 Å². The molecular formula is C13H14O7. The fourth-order valence-corrected chi connectivity index (χ4v) is 1.58. The zero-order chi connectivity index (χ0) is 15.2. The minimum atomic E-state index is -2.66. The molecule has 0 aromatic heterocycles. The van der Waals surface area contributed by atoms with Crippen LogP contribution >= 0.6 is 0 Å². The van der Waals surface area contributed by atoms with E-state index >= 15 is 0 Å². The Kier molecular flexibility index (Phi) is 5.39. The summed E-state index contributed by atoms with van der Waals surface area (Å²) in [6.07, 6.45) is -0.122. The van der Waals surface area contributed by atoms with Crippen LogP contribution in [-0.2, 0) is 14.5 Å². The molecule has 108 valence electrons. The highest BCUT2D eigenvalue weighted by atomic mass is 17.1. The van der Waals surface area contributed by atoms with Gasteiger partial charge in [0.2, 0.25) is 5.60 Å². The van der Waals surface area contributed by atoms with Crippen LogP contribution < -0.4 is 0 Å². The molecule has 7 heteroatoms. The van der Waals surface area contributed by atoms with E-state index in [2.05, 4.69) is 4.89 Å². The van der Waals surface area contributed by atoms with Gasteiger partial charge in [-0.05, 0) is 5.56 Å². The standard InChI is InChI=1S/C13H14O7/c14-10(11(15)16)13(20-19,12(17)18)8-4-7-9-5-2-1-3-6-9/h1-7,10,14,19H,8H2,(H,15,16)(H,17,18). The van der Waals surface area contributed by atoms with Gasteiger partial charge in [0.1, 0.15) is 0 Å². The van der Waals surface area contributed by atoms with E-state index < -0.39 is 30.1 Å². The van der Waals surface area contributed by atoms with Gasteiger partial charge in [-0.1, -0.05) is 42.5 Å². The van der Waals surface area contributed by atoms with Crippen molar-refractivity contribution in [2.45, 2.75) is 18.1 Å². The van der Waals surface area contributed by atoms with Crippen molar-refractivity contribution >= 4 is 18.0 Å². The first-order valence-electron chi connectivity index (χ1n) is 5.62. The molecule has 1 rings (SSSR count). The van der Waals surface area contributed by atoms with Crippen molar-refractivity contribution in [3.63, 3.8) is 0 Å². The fraction of sp³-hybridized carbons (Fsp3) is 0.231. The Balaban J connectivity index is 2.94. The van der Waals surface area contributed by atoms with Gasteiger partial charge in [-0.3, -0.25) is 5.26 Å². The molecule has 0 heterocycles. The SMILES string of the molecule is O=C(O)C(O)C(CC=Cc1ccccc1)(OO)C(=O)O. The van der Waals surface area contributed by atoms with Gasteiger partial charge >= 0.3 is 11.9 Å². The van der Waals surface area contributed by atoms with Crippen LogP contribution in [0.15, 0.2) is 36.4 Å². The van der Waals surface area contributed by atoms with Crippen LogP contribution in [0.1, 0.15) is 12.0 Å². The second-order valence-corrected chi connectivity index (χ2v) is 4.04. The summed E-state index contributed by atoms with van der Waals surface area (Å²) in [5, 5.41) is 35.8. The number of benzene rings is 1. The Morgan fingerprint density at radius 2 is 1.85 bits per heavy atom. The Bertz CT molecular complexity index is 497. The summed E-state index contributed by atoms with van der Waals surface area (Å²) in [5.41, 5.74) is -1.91. The Hall–Kier alpha value is -2.22. The maximum absolute atomic E-state index is 11.1. The summed E-state index contributed by atoms with van der Waals surface area (Å²) in [7, 11) is 0. The Morgan fingerprint density at radius 1 is 1.25 bits per heavy atom. The number of carboxylic acid groups (broad SMARTS) is 2. The number of hydrogen-bond donors (Lipinski definition) is 4. The lowest BCUT2D eigenvalue weighted by Gasteiger charge is -2.26. The molecule has 0 aliphatic carbocycles. The lowest BCUT2D eigenvalue weighted by Crippen LogP contribution is -2.54. The lowest BCUT2D eigenvalue weighted by atomic mass is 9.92. The summed E-state index contributed by atoms with van der Waals surface area (Å²) in [6.45, 7) is 0. The predicted molar refractivity (Wildman–Crippen MR) is 67.8 cm³/mol. The Morgan fingerprint density at radius 3 is 2.30 bits per heavy atom. The van der Waals surface area contributed by atoms with Crippen LogP contribution in [0, 0.1) is 0 Å². The van der Waals surface area contributed by atoms with Crippen molar-refractivity contribution in [2.24, 2.45) is 0 Å². The molecular weight excluding hydrogens is 268 g/mol. The molecule has 0 aliphatic rings. The van der Waals surface area contributed by atoms with Crippen LogP contribution in [0.2, 0.25) is 0 Å². The van der Waals surface area contributed by atoms with E-state index in [-0.39, 0.29) is 0 Å². The third-order valence-electron chi connectivity index (χ3n) is 2.73. The van der Waals surface area contributed by atoms with Gasteiger partial charge in [0.15, 0.2) is 6.10 Å². The van der Waals surface area contributed by atoms with Gasteiger partial charge in [-0.15, -0.1) is 0 Å². The van der Waals surface area contributed by atoms with E-state index in [0.29, 0.717) is 0 Å². The number of aliphatic carboxylic acids is 2. The number of carboxylic acids is 2. The molecule has 0 radical (unpaired) electrons. The molecule has 2 unspecified atom stereocenters. The number of rotatable bonds is 7. The van der Waals surface area contributed by atoms with E-state index in [1.165, 1.54) is 12.2 Å². The van der Waals surface area contributed by atoms with Crippen molar-refractivity contribution in [1.29, 1.82) is 0 Å². The first-order valence-corrected chi connectivity index (χ1v) is 5.62. The van der Waals surface area contributed by atoms with Gasteiger partial charge in [-0.25, -0.2) is 14.5 Å². The third-order valence-corrected chi connectivity index (χ3v) is 2.73. The molecule has 7 nitrogen and oxygen atoms in total. The normalized spacial score (nSPS) is 15.7. The largest absolute Gasteiger partial charge is 0.479 e. The molecule has 4 N–H and O–H groups in total. The van der Waals surface area contributed by atoms with Gasteiger partial charge in [0, 0.05) is 6.42 Å². The molecule has 0 bridgehead atoms. The van der Waals surface area contributed by atoms with Crippen molar-refractivity contribution in [3.8, 4) is 0 Å². The van der Waals surface area contributed by atoms with E-state index in [1.807, 2.05) is 0 Å². The molecule has 0 amide bonds. The zero-order valence-electron chi connectivity index (χ0n) is 10.3. The number of carbonyl (C=O) groups is 2. The monoisotopic (exact) mass is 282 g/mol. The summed E-state index contributed by atoms with van der Waals surface area (Å²) >= 11 is 0. The summed E-state index contributed by atoms with van der Waals surface area (Å²) in [4.78, 5) is 25.6. The minimum Gasteiger partial charge on any atom is -0.479 e. The van der Waals surface area contributed by atoms with Crippen LogP contribution in [-0.4, -0.2) is 44.2 Å². The molecule has 0 saturated heterocycles. The van der Waals surface area contributed by atoms with Crippen molar-refractivity contribution in [2.75, 3.05) is 0 Å². The highest BCUT2D eigenvalue weighted by Gasteiger charge is 2.51. The number of aliphatic hydroxyl groups is 1. The van der Waals surface area contributed by atoms with Gasteiger partial charge in [-0.2, -0.15) is 0 Å². The van der Waals surface area contributed by atoms with E-state index in [0.717, 1.165) is 5.56 Å². The smallest absolute Gasteiger partial charge is 0.343 e. The van der Waals surface area contributed by atoms with E-state index in [9.17, 15) is 14.7 Å². The topological polar surface area (TPSA) is 124 Å². The van der Waals surface area contributed by atoms with Crippen LogP contribution in [0.3, 0.4) is 0 Å². The average Bonchev–Trinajstić information content (AvgIpc) is 2.44.